The number of carbonyl (C=O) groups is 1. The predicted octanol–water partition coefficient (Wildman–Crippen LogP) is 8.24. The number of nitrogens with two attached hydrogens (primary N) is 1. The van der Waals surface area contributed by atoms with E-state index in [9.17, 15) is 10.1 Å². The lowest BCUT2D eigenvalue weighted by atomic mass is 9.68. The summed E-state index contributed by atoms with van der Waals surface area (Å²) in [6.07, 6.45) is 1.07. The standard InChI is InChI=1S/C33H31BrClN3O2/c1-19-12-21(18-40-25-10-8-23(35)9-11-25)20(2)26(13-19)30-27(17-36)32(37)38(24-7-5-6-22(34)14-24)28-15-33(3,4)16-29(39)31(28)30/h5-14,30H,15-16,18,37H2,1-4H3. The van der Waals surface area contributed by atoms with Gasteiger partial charge in [0, 0.05) is 32.9 Å². The van der Waals surface area contributed by atoms with E-state index >= 15 is 0 Å². The largest absolute Gasteiger partial charge is 0.489 e. The highest BCUT2D eigenvalue weighted by atomic mass is 79.9. The van der Waals surface area contributed by atoms with Gasteiger partial charge in [-0.2, -0.15) is 5.26 Å². The summed E-state index contributed by atoms with van der Waals surface area (Å²) in [6.45, 7) is 8.59. The first-order valence-corrected chi connectivity index (χ1v) is 14.4. The average Bonchev–Trinajstić information content (AvgIpc) is 2.88. The number of hydrogen-bond acceptors (Lipinski definition) is 5. The van der Waals surface area contributed by atoms with Crippen molar-refractivity contribution in [2.45, 2.75) is 53.1 Å². The number of ether oxygens (including phenoxy) is 1. The topological polar surface area (TPSA) is 79.3 Å². The molecule has 0 bridgehead atoms. The van der Waals surface area contributed by atoms with Gasteiger partial charge in [-0.15, -0.1) is 0 Å². The number of halogens is 2. The van der Waals surface area contributed by atoms with Gasteiger partial charge in [-0.25, -0.2) is 0 Å². The number of carbonyl (C=O) groups excluding carboxylic acids is 1. The van der Waals surface area contributed by atoms with Gasteiger partial charge in [-0.05, 0) is 84.8 Å². The molecule has 1 heterocycles. The van der Waals surface area contributed by atoms with Crippen molar-refractivity contribution in [2.75, 3.05) is 4.90 Å². The van der Waals surface area contributed by atoms with Crippen LogP contribution < -0.4 is 15.4 Å². The Morgan fingerprint density at radius 3 is 2.52 bits per heavy atom. The fourth-order valence-electron chi connectivity index (χ4n) is 5.84. The van der Waals surface area contributed by atoms with Crippen LogP contribution in [0.2, 0.25) is 5.02 Å². The first kappa shape index (κ1) is 28.0. The molecule has 3 aromatic rings. The molecule has 3 aromatic carbocycles. The van der Waals surface area contributed by atoms with E-state index in [4.69, 9.17) is 22.1 Å². The molecule has 0 spiro atoms. The van der Waals surface area contributed by atoms with E-state index in [1.807, 2.05) is 55.1 Å². The molecule has 2 aliphatic rings. The molecule has 40 heavy (non-hydrogen) atoms. The third-order valence-electron chi connectivity index (χ3n) is 7.67. The SMILES string of the molecule is Cc1cc(COc2ccc(Cl)cc2)c(C)c(C2C(C#N)=C(N)N(c3cccc(Br)c3)C3=C2C(=O)CC(C)(C)C3)c1. The third kappa shape index (κ3) is 5.29. The minimum absolute atomic E-state index is 0.0522. The van der Waals surface area contributed by atoms with Crippen molar-refractivity contribution in [1.82, 2.24) is 0 Å². The lowest BCUT2D eigenvalue weighted by Gasteiger charge is -2.44. The number of allylic oxidation sites excluding steroid dienone is 3. The van der Waals surface area contributed by atoms with E-state index in [0.29, 0.717) is 47.2 Å². The number of ketones is 1. The fourth-order valence-corrected chi connectivity index (χ4v) is 6.35. The second-order valence-electron chi connectivity index (χ2n) is 11.3. The van der Waals surface area contributed by atoms with Gasteiger partial charge in [0.1, 0.15) is 18.2 Å². The van der Waals surface area contributed by atoms with Gasteiger partial charge < -0.3 is 10.5 Å². The number of nitriles is 1. The van der Waals surface area contributed by atoms with Crippen LogP contribution in [0.15, 0.2) is 87.8 Å². The Balaban J connectivity index is 1.67. The van der Waals surface area contributed by atoms with E-state index in [0.717, 1.165) is 38.1 Å². The van der Waals surface area contributed by atoms with E-state index in [2.05, 4.69) is 48.0 Å². The van der Waals surface area contributed by atoms with Gasteiger partial charge in [0.05, 0.1) is 17.6 Å². The summed E-state index contributed by atoms with van der Waals surface area (Å²) in [5.74, 6) is 0.568. The van der Waals surface area contributed by atoms with Crippen molar-refractivity contribution in [2.24, 2.45) is 11.1 Å². The third-order valence-corrected chi connectivity index (χ3v) is 8.41. The second-order valence-corrected chi connectivity index (χ2v) is 12.7. The molecular weight excluding hydrogens is 586 g/mol. The first-order chi connectivity index (χ1) is 19.0. The molecule has 2 N–H and O–H groups in total. The molecule has 0 saturated heterocycles. The van der Waals surface area contributed by atoms with Crippen LogP contribution in [0.3, 0.4) is 0 Å². The number of anilines is 1. The summed E-state index contributed by atoms with van der Waals surface area (Å²) in [5.41, 5.74) is 13.2. The Labute approximate surface area is 249 Å². The Hall–Kier alpha value is -3.53. The van der Waals surface area contributed by atoms with Crippen LogP contribution in [0, 0.1) is 30.6 Å². The molecule has 0 amide bonds. The van der Waals surface area contributed by atoms with Crippen molar-refractivity contribution in [3.63, 3.8) is 0 Å². The molecule has 7 heteroatoms. The molecule has 1 unspecified atom stereocenters. The van der Waals surface area contributed by atoms with Crippen LogP contribution in [0.25, 0.3) is 0 Å². The fraction of sp³-hybridized carbons (Fsp3) is 0.273. The van der Waals surface area contributed by atoms with Crippen molar-refractivity contribution in [3.05, 3.63) is 115 Å². The molecule has 1 aliphatic heterocycles. The molecular formula is C33H31BrClN3O2. The maximum Gasteiger partial charge on any atom is 0.162 e. The van der Waals surface area contributed by atoms with Crippen molar-refractivity contribution in [3.8, 4) is 11.8 Å². The van der Waals surface area contributed by atoms with Gasteiger partial charge >= 0.3 is 0 Å². The summed E-state index contributed by atoms with van der Waals surface area (Å²) in [5, 5.41) is 11.1. The normalized spacial score (nSPS) is 18.5. The van der Waals surface area contributed by atoms with Gasteiger partial charge in [-0.1, -0.05) is 65.1 Å². The van der Waals surface area contributed by atoms with Gasteiger partial charge in [0.2, 0.25) is 0 Å². The number of benzene rings is 3. The maximum absolute atomic E-state index is 14.0. The van der Waals surface area contributed by atoms with Crippen molar-refractivity contribution < 1.29 is 9.53 Å². The number of nitrogens with zero attached hydrogens (tertiary/aromatic N) is 2. The van der Waals surface area contributed by atoms with E-state index < -0.39 is 5.92 Å². The lowest BCUT2D eigenvalue weighted by Crippen LogP contribution is -2.42. The smallest absolute Gasteiger partial charge is 0.162 e. The van der Waals surface area contributed by atoms with Gasteiger partial charge in [-0.3, -0.25) is 9.69 Å². The second kappa shape index (κ2) is 10.8. The zero-order chi connectivity index (χ0) is 28.8. The molecule has 0 radical (unpaired) electrons. The van der Waals surface area contributed by atoms with Crippen molar-refractivity contribution >= 4 is 39.0 Å². The number of Topliss-reactive ketones (excluding diaryl/α,β-unsaturated/α-hetero) is 1. The average molecular weight is 617 g/mol. The molecule has 0 aromatic heterocycles. The van der Waals surface area contributed by atoms with Crippen LogP contribution in [-0.2, 0) is 11.4 Å². The Morgan fingerprint density at radius 1 is 1.12 bits per heavy atom. The van der Waals surface area contributed by atoms with Gasteiger partial charge in [0.25, 0.3) is 0 Å². The maximum atomic E-state index is 14.0. The van der Waals surface area contributed by atoms with Crippen molar-refractivity contribution in [1.29, 1.82) is 5.26 Å². The molecule has 1 aliphatic carbocycles. The predicted molar refractivity (Wildman–Crippen MR) is 163 cm³/mol. The molecule has 5 nitrogen and oxygen atoms in total. The quantitative estimate of drug-likeness (QED) is 0.312. The number of rotatable bonds is 5. The van der Waals surface area contributed by atoms with Crippen LogP contribution in [0.4, 0.5) is 5.69 Å². The summed E-state index contributed by atoms with van der Waals surface area (Å²) in [4.78, 5) is 15.9. The number of hydrogen-bond donors (Lipinski definition) is 1. The highest BCUT2D eigenvalue weighted by Gasteiger charge is 2.45. The zero-order valence-electron chi connectivity index (χ0n) is 23.0. The Bertz CT molecular complexity index is 1620. The van der Waals surface area contributed by atoms with Crippen LogP contribution in [0.5, 0.6) is 5.75 Å². The summed E-state index contributed by atoms with van der Waals surface area (Å²) in [6, 6.07) is 21.6. The lowest BCUT2D eigenvalue weighted by molar-refractivity contribution is -0.118. The zero-order valence-corrected chi connectivity index (χ0v) is 25.4. The molecule has 0 fully saturated rings. The Kier molecular flexibility index (Phi) is 7.56. The van der Waals surface area contributed by atoms with Gasteiger partial charge in [0.15, 0.2) is 5.78 Å². The highest BCUT2D eigenvalue weighted by molar-refractivity contribution is 9.10. The van der Waals surface area contributed by atoms with Crippen LogP contribution in [-0.4, -0.2) is 5.78 Å². The summed E-state index contributed by atoms with van der Waals surface area (Å²) >= 11 is 9.59. The summed E-state index contributed by atoms with van der Waals surface area (Å²) < 4.78 is 6.98. The minimum atomic E-state index is -0.554. The monoisotopic (exact) mass is 615 g/mol. The van der Waals surface area contributed by atoms with Crippen LogP contribution in [0.1, 0.15) is 54.9 Å². The summed E-state index contributed by atoms with van der Waals surface area (Å²) in [7, 11) is 0. The molecule has 0 saturated carbocycles. The Morgan fingerprint density at radius 2 is 1.85 bits per heavy atom. The van der Waals surface area contributed by atoms with E-state index in [-0.39, 0.29) is 11.2 Å². The highest BCUT2D eigenvalue weighted by Crippen LogP contribution is 2.51. The number of aryl methyl sites for hydroxylation is 1. The molecule has 204 valence electrons. The minimum Gasteiger partial charge on any atom is -0.489 e. The molecule has 1 atom stereocenters. The molecule has 5 rings (SSSR count). The van der Waals surface area contributed by atoms with E-state index in [1.165, 1.54) is 0 Å². The van der Waals surface area contributed by atoms with Crippen LogP contribution >= 0.6 is 27.5 Å². The first-order valence-electron chi connectivity index (χ1n) is 13.2. The van der Waals surface area contributed by atoms with E-state index in [1.54, 1.807) is 12.1 Å².